The average molecular weight is 252 g/mol. The molecular weight excluding hydrogens is 216 g/mol. The zero-order valence-electron chi connectivity index (χ0n) is 14.0. The molecule has 0 nitrogen and oxygen atoms in total. The molecule has 0 rings (SSSR count). The van der Waals surface area contributed by atoms with Gasteiger partial charge in [0.05, 0.1) is 0 Å². The normalized spacial score (nSPS) is 17.9. The fourth-order valence-corrected chi connectivity index (χ4v) is 2.52. The Kier molecular flexibility index (Phi) is 8.65. The molecule has 108 valence electrons. The van der Waals surface area contributed by atoms with Crippen molar-refractivity contribution in [3.05, 3.63) is 11.6 Å². The molecule has 2 atom stereocenters. The van der Waals surface area contributed by atoms with E-state index in [4.69, 9.17) is 0 Å². The van der Waals surface area contributed by atoms with E-state index in [0.717, 1.165) is 11.8 Å². The van der Waals surface area contributed by atoms with Crippen molar-refractivity contribution >= 4 is 0 Å². The molecule has 0 aliphatic carbocycles. The van der Waals surface area contributed by atoms with E-state index in [2.05, 4.69) is 54.5 Å². The molecule has 0 heterocycles. The Morgan fingerprint density at radius 1 is 1.06 bits per heavy atom. The number of hydrogen-bond donors (Lipinski definition) is 0. The van der Waals surface area contributed by atoms with E-state index >= 15 is 0 Å². The lowest BCUT2D eigenvalue weighted by molar-refractivity contribution is 0.318. The van der Waals surface area contributed by atoms with E-state index in [9.17, 15) is 0 Å². The molecule has 0 spiro atoms. The van der Waals surface area contributed by atoms with Gasteiger partial charge in [-0.2, -0.15) is 0 Å². The van der Waals surface area contributed by atoms with Crippen LogP contribution in [0.1, 0.15) is 87.0 Å². The zero-order valence-corrected chi connectivity index (χ0v) is 14.0. The first kappa shape index (κ1) is 17.7. The van der Waals surface area contributed by atoms with Crippen molar-refractivity contribution in [1.29, 1.82) is 0 Å². The summed E-state index contributed by atoms with van der Waals surface area (Å²) in [4.78, 5) is 0. The van der Waals surface area contributed by atoms with E-state index in [1.807, 2.05) is 0 Å². The third kappa shape index (κ3) is 6.07. The van der Waals surface area contributed by atoms with Crippen LogP contribution < -0.4 is 0 Å². The Labute approximate surface area is 116 Å². The van der Waals surface area contributed by atoms with Crippen molar-refractivity contribution in [2.45, 2.75) is 87.0 Å². The highest BCUT2D eigenvalue weighted by Crippen LogP contribution is 2.38. The van der Waals surface area contributed by atoms with E-state index in [-0.39, 0.29) is 0 Å². The van der Waals surface area contributed by atoms with Gasteiger partial charge in [0.25, 0.3) is 0 Å². The van der Waals surface area contributed by atoms with Gasteiger partial charge < -0.3 is 0 Å². The van der Waals surface area contributed by atoms with Crippen LogP contribution in [0.2, 0.25) is 0 Å². The molecule has 0 fully saturated rings. The largest absolute Gasteiger partial charge is 0.0848 e. The maximum Gasteiger partial charge on any atom is -0.0119 e. The molecule has 0 aromatic carbocycles. The van der Waals surface area contributed by atoms with Gasteiger partial charge in [0.15, 0.2) is 0 Å². The molecule has 0 aromatic heterocycles. The second kappa shape index (κ2) is 8.77. The molecule has 0 aliphatic heterocycles. The summed E-state index contributed by atoms with van der Waals surface area (Å²) in [6, 6.07) is 0. The predicted octanol–water partition coefficient (Wildman–Crippen LogP) is 6.61. The Bertz CT molecular complexity index is 236. The third-order valence-corrected chi connectivity index (χ3v) is 4.77. The lowest BCUT2D eigenvalue weighted by Crippen LogP contribution is -2.18. The van der Waals surface area contributed by atoms with Gasteiger partial charge in [0, 0.05) is 0 Å². The first-order chi connectivity index (χ1) is 8.37. The van der Waals surface area contributed by atoms with Crippen LogP contribution >= 0.6 is 0 Å². The number of allylic oxidation sites excluding steroid dienone is 2. The fraction of sp³-hybridized carbons (Fsp3) is 0.889. The smallest absolute Gasteiger partial charge is 0.0119 e. The van der Waals surface area contributed by atoms with Crippen LogP contribution in [0.25, 0.3) is 0 Å². The topological polar surface area (TPSA) is 0 Å². The Balaban J connectivity index is 4.62. The lowest BCUT2D eigenvalue weighted by Gasteiger charge is -2.31. The molecular formula is C18H36. The summed E-state index contributed by atoms with van der Waals surface area (Å²) in [5.41, 5.74) is 2.08. The van der Waals surface area contributed by atoms with Crippen LogP contribution in [-0.2, 0) is 0 Å². The molecule has 0 aromatic rings. The van der Waals surface area contributed by atoms with Crippen molar-refractivity contribution in [2.75, 3.05) is 0 Å². The van der Waals surface area contributed by atoms with Crippen LogP contribution in [0, 0.1) is 17.3 Å². The molecule has 0 saturated carbocycles. The zero-order chi connectivity index (χ0) is 14.2. The molecule has 0 saturated heterocycles. The van der Waals surface area contributed by atoms with Gasteiger partial charge >= 0.3 is 0 Å². The van der Waals surface area contributed by atoms with Gasteiger partial charge in [-0.3, -0.25) is 0 Å². The SMILES string of the molecule is CCCCC(C)(CCC)C(C)=CCC(C)C(C)C. The second-order valence-electron chi connectivity index (χ2n) is 6.76. The van der Waals surface area contributed by atoms with Crippen molar-refractivity contribution in [1.82, 2.24) is 0 Å². The molecule has 0 amide bonds. The van der Waals surface area contributed by atoms with E-state index < -0.39 is 0 Å². The van der Waals surface area contributed by atoms with E-state index in [1.165, 1.54) is 38.5 Å². The summed E-state index contributed by atoms with van der Waals surface area (Å²) in [6.45, 7) is 16.5. The first-order valence-electron chi connectivity index (χ1n) is 8.04. The number of hydrogen-bond acceptors (Lipinski definition) is 0. The van der Waals surface area contributed by atoms with Crippen LogP contribution in [0.15, 0.2) is 11.6 Å². The van der Waals surface area contributed by atoms with Gasteiger partial charge in [0.1, 0.15) is 0 Å². The third-order valence-electron chi connectivity index (χ3n) is 4.77. The summed E-state index contributed by atoms with van der Waals surface area (Å²) < 4.78 is 0. The minimum absolute atomic E-state index is 0.446. The first-order valence-corrected chi connectivity index (χ1v) is 8.04. The minimum Gasteiger partial charge on any atom is -0.0848 e. The summed E-state index contributed by atoms with van der Waals surface area (Å²) in [5, 5.41) is 0. The van der Waals surface area contributed by atoms with Crippen LogP contribution in [-0.4, -0.2) is 0 Å². The van der Waals surface area contributed by atoms with E-state index in [1.54, 1.807) is 5.57 Å². The second-order valence-corrected chi connectivity index (χ2v) is 6.76. The monoisotopic (exact) mass is 252 g/mol. The van der Waals surface area contributed by atoms with Gasteiger partial charge in [-0.05, 0) is 43.4 Å². The summed E-state index contributed by atoms with van der Waals surface area (Å²) in [7, 11) is 0. The molecule has 0 heteroatoms. The molecule has 0 N–H and O–H groups in total. The van der Waals surface area contributed by atoms with Crippen LogP contribution in [0.5, 0.6) is 0 Å². The van der Waals surface area contributed by atoms with E-state index in [0.29, 0.717) is 5.41 Å². The van der Waals surface area contributed by atoms with Crippen molar-refractivity contribution in [3.8, 4) is 0 Å². The lowest BCUT2D eigenvalue weighted by atomic mass is 9.74. The van der Waals surface area contributed by atoms with Crippen molar-refractivity contribution < 1.29 is 0 Å². The summed E-state index contributed by atoms with van der Waals surface area (Å²) >= 11 is 0. The van der Waals surface area contributed by atoms with Crippen LogP contribution in [0.3, 0.4) is 0 Å². The van der Waals surface area contributed by atoms with Gasteiger partial charge in [0.2, 0.25) is 0 Å². The molecule has 18 heavy (non-hydrogen) atoms. The Hall–Kier alpha value is -0.260. The molecule has 2 unspecified atom stereocenters. The minimum atomic E-state index is 0.446. The van der Waals surface area contributed by atoms with Crippen molar-refractivity contribution in [3.63, 3.8) is 0 Å². The van der Waals surface area contributed by atoms with Gasteiger partial charge in [-0.15, -0.1) is 0 Å². The van der Waals surface area contributed by atoms with Crippen molar-refractivity contribution in [2.24, 2.45) is 17.3 Å². The molecule has 0 bridgehead atoms. The highest BCUT2D eigenvalue weighted by atomic mass is 14.3. The highest BCUT2D eigenvalue weighted by Gasteiger charge is 2.24. The molecule has 0 radical (unpaired) electrons. The van der Waals surface area contributed by atoms with Gasteiger partial charge in [-0.1, -0.05) is 72.5 Å². The molecule has 0 aliphatic rings. The predicted molar refractivity (Wildman–Crippen MR) is 84.9 cm³/mol. The number of unbranched alkanes of at least 4 members (excludes halogenated alkanes) is 1. The van der Waals surface area contributed by atoms with Crippen LogP contribution in [0.4, 0.5) is 0 Å². The standard InChI is InChI=1S/C18H36/c1-8-10-14-18(7,13-9-2)17(6)12-11-16(5)15(3)4/h12,15-16H,8-11,13-14H2,1-7H3. The maximum atomic E-state index is 2.52. The average Bonchev–Trinajstić information content (AvgIpc) is 2.33. The Morgan fingerprint density at radius 3 is 2.11 bits per heavy atom. The summed E-state index contributed by atoms with van der Waals surface area (Å²) in [6.07, 6.45) is 10.4. The fourth-order valence-electron chi connectivity index (χ4n) is 2.52. The summed E-state index contributed by atoms with van der Waals surface area (Å²) in [5.74, 6) is 1.60. The number of rotatable bonds is 9. The Morgan fingerprint density at radius 2 is 1.67 bits per heavy atom. The quantitative estimate of drug-likeness (QED) is 0.405. The maximum absolute atomic E-state index is 2.52. The highest BCUT2D eigenvalue weighted by molar-refractivity contribution is 5.11. The van der Waals surface area contributed by atoms with Gasteiger partial charge in [-0.25, -0.2) is 0 Å².